The normalized spacial score (nSPS) is 26.3. The van der Waals surface area contributed by atoms with E-state index in [9.17, 15) is 5.26 Å². The fourth-order valence-electron chi connectivity index (χ4n) is 4.69. The number of nitrogens with one attached hydrogen (secondary N) is 2. The second kappa shape index (κ2) is 8.53. The first kappa shape index (κ1) is 18.6. The average Bonchev–Trinajstić information content (AvgIpc) is 2.72. The zero-order valence-electron chi connectivity index (χ0n) is 16.0. The van der Waals surface area contributed by atoms with Crippen molar-refractivity contribution in [3.63, 3.8) is 0 Å². The molecule has 2 aliphatic rings. The summed E-state index contributed by atoms with van der Waals surface area (Å²) in [5, 5.41) is 16.0. The molecule has 2 aliphatic carbocycles. The largest absolute Gasteiger partial charge is 0.369 e. The van der Waals surface area contributed by atoms with Crippen molar-refractivity contribution in [2.75, 3.05) is 17.2 Å². The van der Waals surface area contributed by atoms with Gasteiger partial charge in [-0.1, -0.05) is 12.5 Å². The summed E-state index contributed by atoms with van der Waals surface area (Å²) in [7, 11) is 0. The van der Waals surface area contributed by atoms with Crippen LogP contribution >= 0.6 is 0 Å². The van der Waals surface area contributed by atoms with Gasteiger partial charge in [-0.25, -0.2) is 4.98 Å². The molecule has 0 saturated heterocycles. The van der Waals surface area contributed by atoms with E-state index in [0.29, 0.717) is 47.7 Å². The van der Waals surface area contributed by atoms with E-state index < -0.39 is 0 Å². The van der Waals surface area contributed by atoms with Crippen molar-refractivity contribution in [2.24, 2.45) is 23.5 Å². The SMILES string of the molecule is N#Cc1cnc(NCc2cccnc2)nc1NCC1CC2CCC[C@H](C1)[C@H]2N. The Balaban J connectivity index is 1.38. The molecule has 146 valence electrons. The van der Waals surface area contributed by atoms with Gasteiger partial charge in [0.2, 0.25) is 5.95 Å². The molecule has 2 bridgehead atoms. The van der Waals surface area contributed by atoms with E-state index in [1.165, 1.54) is 32.1 Å². The van der Waals surface area contributed by atoms with Gasteiger partial charge in [-0.05, 0) is 55.1 Å². The summed E-state index contributed by atoms with van der Waals surface area (Å²) in [6, 6.07) is 6.45. The van der Waals surface area contributed by atoms with Crippen LogP contribution in [-0.2, 0) is 6.54 Å². The number of aromatic nitrogens is 3. The van der Waals surface area contributed by atoms with Crippen LogP contribution in [0.4, 0.5) is 11.8 Å². The van der Waals surface area contributed by atoms with Crippen LogP contribution in [0, 0.1) is 29.1 Å². The fourth-order valence-corrected chi connectivity index (χ4v) is 4.69. The predicted molar refractivity (Wildman–Crippen MR) is 108 cm³/mol. The van der Waals surface area contributed by atoms with Crippen molar-refractivity contribution in [1.29, 1.82) is 5.26 Å². The Hall–Kier alpha value is -2.72. The van der Waals surface area contributed by atoms with Gasteiger partial charge in [0, 0.05) is 31.5 Å². The molecule has 2 saturated carbocycles. The van der Waals surface area contributed by atoms with Crippen LogP contribution in [-0.4, -0.2) is 27.5 Å². The summed E-state index contributed by atoms with van der Waals surface area (Å²) in [5.41, 5.74) is 7.93. The Morgan fingerprint density at radius 1 is 1.18 bits per heavy atom. The first-order chi connectivity index (χ1) is 13.7. The third-order valence-electron chi connectivity index (χ3n) is 6.15. The minimum absolute atomic E-state index is 0.377. The molecule has 0 aromatic carbocycles. The van der Waals surface area contributed by atoms with E-state index in [4.69, 9.17) is 5.73 Å². The molecule has 0 radical (unpaired) electrons. The van der Waals surface area contributed by atoms with Gasteiger partial charge < -0.3 is 16.4 Å². The van der Waals surface area contributed by atoms with E-state index >= 15 is 0 Å². The van der Waals surface area contributed by atoms with E-state index in [0.717, 1.165) is 12.1 Å². The Labute approximate surface area is 165 Å². The van der Waals surface area contributed by atoms with E-state index in [1.54, 1.807) is 18.6 Å². The number of anilines is 2. The maximum atomic E-state index is 9.41. The van der Waals surface area contributed by atoms with Crippen LogP contribution in [0.1, 0.15) is 43.2 Å². The zero-order chi connectivity index (χ0) is 19.3. The standard InChI is InChI=1S/C21H27N7/c22-9-18-13-27-21(26-11-14-3-2-6-24-10-14)28-20(18)25-12-15-7-16-4-1-5-17(8-15)19(16)23/h2-3,6,10,13,15-17,19H,1,4-5,7-8,11-12,23H2,(H2,25,26,27,28)/t15?,16-,17?,19-/m1/s1. The van der Waals surface area contributed by atoms with Gasteiger partial charge in [0.25, 0.3) is 0 Å². The molecule has 2 unspecified atom stereocenters. The molecule has 4 N–H and O–H groups in total. The maximum Gasteiger partial charge on any atom is 0.224 e. The average molecular weight is 377 g/mol. The zero-order valence-corrected chi connectivity index (χ0v) is 16.0. The molecular formula is C21H27N7. The fraction of sp³-hybridized carbons (Fsp3) is 0.524. The summed E-state index contributed by atoms with van der Waals surface area (Å²) < 4.78 is 0. The monoisotopic (exact) mass is 377 g/mol. The summed E-state index contributed by atoms with van der Waals surface area (Å²) in [5.74, 6) is 3.00. The van der Waals surface area contributed by atoms with Crippen molar-refractivity contribution < 1.29 is 0 Å². The van der Waals surface area contributed by atoms with Crippen LogP contribution in [0.2, 0.25) is 0 Å². The predicted octanol–water partition coefficient (Wildman–Crippen LogP) is 2.92. The van der Waals surface area contributed by atoms with Gasteiger partial charge in [0.05, 0.1) is 6.20 Å². The second-order valence-corrected chi connectivity index (χ2v) is 8.03. The van der Waals surface area contributed by atoms with E-state index in [1.807, 2.05) is 12.1 Å². The van der Waals surface area contributed by atoms with Crippen LogP contribution in [0.25, 0.3) is 0 Å². The van der Waals surface area contributed by atoms with Gasteiger partial charge in [-0.3, -0.25) is 4.98 Å². The lowest BCUT2D eigenvalue weighted by Crippen LogP contribution is -2.47. The first-order valence-electron chi connectivity index (χ1n) is 10.1. The Morgan fingerprint density at radius 2 is 2.00 bits per heavy atom. The summed E-state index contributed by atoms with van der Waals surface area (Å²) in [4.78, 5) is 12.9. The molecule has 4 rings (SSSR count). The minimum Gasteiger partial charge on any atom is -0.369 e. The molecule has 4 atom stereocenters. The Morgan fingerprint density at radius 3 is 2.71 bits per heavy atom. The molecule has 2 aromatic rings. The quantitative estimate of drug-likeness (QED) is 0.709. The second-order valence-electron chi connectivity index (χ2n) is 8.03. The third kappa shape index (κ3) is 4.23. The lowest BCUT2D eigenvalue weighted by Gasteiger charge is -2.44. The highest BCUT2D eigenvalue weighted by molar-refractivity contribution is 5.53. The maximum absolute atomic E-state index is 9.41. The molecule has 0 amide bonds. The van der Waals surface area contributed by atoms with Crippen molar-refractivity contribution in [2.45, 2.75) is 44.7 Å². The van der Waals surface area contributed by atoms with Crippen LogP contribution < -0.4 is 16.4 Å². The van der Waals surface area contributed by atoms with Crippen molar-refractivity contribution in [1.82, 2.24) is 15.0 Å². The number of nitrogens with zero attached hydrogens (tertiary/aromatic N) is 4. The molecule has 2 fully saturated rings. The number of rotatable bonds is 6. The lowest BCUT2D eigenvalue weighted by molar-refractivity contribution is 0.112. The van der Waals surface area contributed by atoms with Gasteiger partial charge in [-0.15, -0.1) is 0 Å². The number of hydrogen-bond donors (Lipinski definition) is 3. The number of nitrogens with two attached hydrogens (primary N) is 1. The smallest absolute Gasteiger partial charge is 0.224 e. The Bertz CT molecular complexity index is 818. The van der Waals surface area contributed by atoms with Crippen LogP contribution in [0.15, 0.2) is 30.7 Å². The number of fused-ring (bicyclic) bond motifs is 2. The van der Waals surface area contributed by atoms with Crippen molar-refractivity contribution in [3.8, 4) is 6.07 Å². The van der Waals surface area contributed by atoms with Crippen molar-refractivity contribution >= 4 is 11.8 Å². The number of hydrogen-bond acceptors (Lipinski definition) is 7. The summed E-state index contributed by atoms with van der Waals surface area (Å²) >= 11 is 0. The molecule has 0 aliphatic heterocycles. The molecule has 2 heterocycles. The van der Waals surface area contributed by atoms with Crippen LogP contribution in [0.5, 0.6) is 0 Å². The molecule has 28 heavy (non-hydrogen) atoms. The number of nitriles is 1. The van der Waals surface area contributed by atoms with E-state index in [-0.39, 0.29) is 0 Å². The Kier molecular flexibility index (Phi) is 5.68. The van der Waals surface area contributed by atoms with Crippen molar-refractivity contribution in [3.05, 3.63) is 41.9 Å². The topological polar surface area (TPSA) is 113 Å². The molecular weight excluding hydrogens is 350 g/mol. The first-order valence-corrected chi connectivity index (χ1v) is 10.1. The van der Waals surface area contributed by atoms with Gasteiger partial charge in [0.15, 0.2) is 0 Å². The van der Waals surface area contributed by atoms with Gasteiger partial charge in [-0.2, -0.15) is 10.2 Å². The van der Waals surface area contributed by atoms with Crippen LogP contribution in [0.3, 0.4) is 0 Å². The lowest BCUT2D eigenvalue weighted by atomic mass is 9.65. The molecule has 7 heteroatoms. The summed E-state index contributed by atoms with van der Waals surface area (Å²) in [6.45, 7) is 1.41. The van der Waals surface area contributed by atoms with Gasteiger partial charge in [0.1, 0.15) is 17.5 Å². The van der Waals surface area contributed by atoms with Gasteiger partial charge >= 0.3 is 0 Å². The summed E-state index contributed by atoms with van der Waals surface area (Å²) in [6.07, 6.45) is 11.3. The molecule has 7 nitrogen and oxygen atoms in total. The molecule has 2 aromatic heterocycles. The highest BCUT2D eigenvalue weighted by atomic mass is 15.1. The van der Waals surface area contributed by atoms with E-state index in [2.05, 4.69) is 31.7 Å². The minimum atomic E-state index is 0.377. The highest BCUT2D eigenvalue weighted by Gasteiger charge is 2.37. The number of pyridine rings is 1. The molecule has 0 spiro atoms. The third-order valence-corrected chi connectivity index (χ3v) is 6.15. The highest BCUT2D eigenvalue weighted by Crippen LogP contribution is 2.41.